The molecule has 1 saturated carbocycles. The van der Waals surface area contributed by atoms with Gasteiger partial charge in [-0.3, -0.25) is 4.79 Å². The first-order valence-electron chi connectivity index (χ1n) is 7.60. The standard InChI is InChI=1S/C14H18N2O4S2/c17-11-7-14(20-9-11)3-5-16(6-4-14)22(18,19)12-8-15-13(21-12)10-1-2-10/h8,10H,1-7,9H2. The third kappa shape index (κ3) is 2.51. The van der Waals surface area contributed by atoms with Gasteiger partial charge in [0, 0.05) is 25.4 Å². The lowest BCUT2D eigenvalue weighted by Crippen LogP contribution is -2.46. The molecule has 120 valence electrons. The van der Waals surface area contributed by atoms with Crippen molar-refractivity contribution in [2.75, 3.05) is 19.7 Å². The summed E-state index contributed by atoms with van der Waals surface area (Å²) in [7, 11) is -3.46. The average Bonchev–Trinajstić information content (AvgIpc) is 3.11. The number of aromatic nitrogens is 1. The number of nitrogens with zero attached hydrogens (tertiary/aromatic N) is 2. The number of piperidine rings is 1. The number of hydrogen-bond donors (Lipinski definition) is 0. The van der Waals surface area contributed by atoms with Crippen LogP contribution in [0.1, 0.15) is 43.0 Å². The third-order valence-electron chi connectivity index (χ3n) is 4.72. The van der Waals surface area contributed by atoms with E-state index in [1.54, 1.807) is 0 Å². The Morgan fingerprint density at radius 1 is 1.32 bits per heavy atom. The Labute approximate surface area is 133 Å². The molecule has 1 aromatic heterocycles. The summed E-state index contributed by atoms with van der Waals surface area (Å²) >= 11 is 1.30. The van der Waals surface area contributed by atoms with Crippen LogP contribution in [0.25, 0.3) is 0 Å². The largest absolute Gasteiger partial charge is 0.367 e. The van der Waals surface area contributed by atoms with Crippen LogP contribution in [0.2, 0.25) is 0 Å². The minimum absolute atomic E-state index is 0.118. The van der Waals surface area contributed by atoms with Crippen molar-refractivity contribution in [2.24, 2.45) is 0 Å². The van der Waals surface area contributed by atoms with Gasteiger partial charge in [-0.05, 0) is 25.7 Å². The van der Waals surface area contributed by atoms with Crippen molar-refractivity contribution in [1.82, 2.24) is 9.29 Å². The molecule has 0 bridgehead atoms. The Kier molecular flexibility index (Phi) is 3.41. The number of thiazole rings is 1. The van der Waals surface area contributed by atoms with Gasteiger partial charge in [-0.2, -0.15) is 4.31 Å². The maximum absolute atomic E-state index is 12.7. The summed E-state index contributed by atoms with van der Waals surface area (Å²) in [5.41, 5.74) is -0.421. The molecule has 0 N–H and O–H groups in total. The second kappa shape index (κ2) is 5.09. The van der Waals surface area contributed by atoms with E-state index in [9.17, 15) is 13.2 Å². The van der Waals surface area contributed by atoms with E-state index in [1.165, 1.54) is 21.8 Å². The van der Waals surface area contributed by atoms with Crippen molar-refractivity contribution in [3.63, 3.8) is 0 Å². The second-order valence-electron chi connectivity index (χ2n) is 6.38. The van der Waals surface area contributed by atoms with Gasteiger partial charge >= 0.3 is 0 Å². The van der Waals surface area contributed by atoms with Crippen LogP contribution in [-0.2, 0) is 19.6 Å². The van der Waals surface area contributed by atoms with E-state index in [4.69, 9.17) is 4.74 Å². The quantitative estimate of drug-likeness (QED) is 0.833. The fourth-order valence-electron chi connectivity index (χ4n) is 3.19. The molecular formula is C14H18N2O4S2. The number of ketones is 1. The van der Waals surface area contributed by atoms with Crippen LogP contribution in [0, 0.1) is 0 Å². The third-order valence-corrected chi connectivity index (χ3v) is 8.21. The van der Waals surface area contributed by atoms with Crippen LogP contribution in [0.5, 0.6) is 0 Å². The van der Waals surface area contributed by atoms with E-state index >= 15 is 0 Å². The fourth-order valence-corrected chi connectivity index (χ4v) is 6.10. The van der Waals surface area contributed by atoms with Crippen LogP contribution in [0.15, 0.2) is 10.4 Å². The van der Waals surface area contributed by atoms with Gasteiger partial charge in [0.2, 0.25) is 0 Å². The van der Waals surface area contributed by atoms with Crippen LogP contribution < -0.4 is 0 Å². The molecule has 0 radical (unpaired) electrons. The number of sulfonamides is 1. The Hall–Kier alpha value is -0.830. The topological polar surface area (TPSA) is 76.6 Å². The number of hydrogen-bond acceptors (Lipinski definition) is 6. The highest BCUT2D eigenvalue weighted by Crippen LogP contribution is 2.43. The predicted molar refractivity (Wildman–Crippen MR) is 80.4 cm³/mol. The fraction of sp³-hybridized carbons (Fsp3) is 0.714. The Morgan fingerprint density at radius 3 is 2.64 bits per heavy atom. The van der Waals surface area contributed by atoms with Crippen molar-refractivity contribution >= 4 is 27.1 Å². The van der Waals surface area contributed by atoms with Gasteiger partial charge in [-0.15, -0.1) is 11.3 Å². The van der Waals surface area contributed by atoms with Gasteiger partial charge in [0.1, 0.15) is 6.61 Å². The van der Waals surface area contributed by atoms with Crippen LogP contribution in [0.4, 0.5) is 0 Å². The number of ether oxygens (including phenoxy) is 1. The Bertz CT molecular complexity index is 700. The monoisotopic (exact) mass is 342 g/mol. The zero-order valence-corrected chi connectivity index (χ0v) is 13.8. The molecule has 3 heterocycles. The summed E-state index contributed by atoms with van der Waals surface area (Å²) in [4.78, 5) is 15.7. The highest BCUT2D eigenvalue weighted by atomic mass is 32.2. The van der Waals surface area contributed by atoms with Gasteiger partial charge in [-0.1, -0.05) is 0 Å². The van der Waals surface area contributed by atoms with E-state index in [0.29, 0.717) is 42.5 Å². The molecule has 3 fully saturated rings. The van der Waals surface area contributed by atoms with Crippen LogP contribution >= 0.6 is 11.3 Å². The molecule has 0 unspecified atom stereocenters. The van der Waals surface area contributed by atoms with E-state index in [-0.39, 0.29) is 12.4 Å². The number of Topliss-reactive ketones (excluding diaryl/α,β-unsaturated/α-hetero) is 1. The molecule has 4 rings (SSSR count). The van der Waals surface area contributed by atoms with Crippen LogP contribution in [0.3, 0.4) is 0 Å². The summed E-state index contributed by atoms with van der Waals surface area (Å²) < 4.78 is 32.9. The molecular weight excluding hydrogens is 324 g/mol. The normalized spacial score (nSPS) is 25.9. The SMILES string of the molecule is O=C1COC2(CCN(S(=O)(=O)c3cnc(C4CC4)s3)CC2)C1. The molecule has 2 aliphatic heterocycles. The minimum atomic E-state index is -3.46. The van der Waals surface area contributed by atoms with E-state index in [2.05, 4.69) is 4.98 Å². The maximum atomic E-state index is 12.7. The zero-order valence-electron chi connectivity index (χ0n) is 12.2. The zero-order chi connectivity index (χ0) is 15.4. The van der Waals surface area contributed by atoms with E-state index in [0.717, 1.165) is 17.8 Å². The molecule has 8 heteroatoms. The van der Waals surface area contributed by atoms with E-state index < -0.39 is 15.6 Å². The van der Waals surface area contributed by atoms with Crippen LogP contribution in [-0.4, -0.2) is 48.8 Å². The molecule has 3 aliphatic rings. The molecule has 1 spiro atoms. The first-order valence-corrected chi connectivity index (χ1v) is 9.86. The van der Waals surface area contributed by atoms with Crippen molar-refractivity contribution in [3.05, 3.63) is 11.2 Å². The first kappa shape index (κ1) is 14.7. The molecule has 1 aliphatic carbocycles. The Morgan fingerprint density at radius 2 is 2.05 bits per heavy atom. The number of carbonyl (C=O) groups is 1. The molecule has 22 heavy (non-hydrogen) atoms. The van der Waals surface area contributed by atoms with Gasteiger partial charge in [0.15, 0.2) is 9.99 Å². The van der Waals surface area contributed by atoms with Crippen molar-refractivity contribution in [2.45, 2.75) is 47.8 Å². The van der Waals surface area contributed by atoms with Crippen molar-refractivity contribution < 1.29 is 17.9 Å². The summed E-state index contributed by atoms with van der Waals surface area (Å²) in [5, 5.41) is 0.941. The van der Waals surface area contributed by atoms with E-state index in [1.807, 2.05) is 0 Å². The first-order chi connectivity index (χ1) is 10.5. The molecule has 0 amide bonds. The summed E-state index contributed by atoms with van der Waals surface area (Å²) in [6, 6.07) is 0. The summed E-state index contributed by atoms with van der Waals surface area (Å²) in [6.07, 6.45) is 5.33. The smallest absolute Gasteiger partial charge is 0.254 e. The summed E-state index contributed by atoms with van der Waals surface area (Å²) in [5.74, 6) is 0.587. The minimum Gasteiger partial charge on any atom is -0.367 e. The van der Waals surface area contributed by atoms with Gasteiger partial charge in [0.05, 0.1) is 16.8 Å². The highest BCUT2D eigenvalue weighted by Gasteiger charge is 2.44. The lowest BCUT2D eigenvalue weighted by atomic mass is 9.89. The lowest BCUT2D eigenvalue weighted by molar-refractivity contribution is -0.117. The highest BCUT2D eigenvalue weighted by molar-refractivity contribution is 7.91. The average molecular weight is 342 g/mol. The Balaban J connectivity index is 1.48. The summed E-state index contributed by atoms with van der Waals surface area (Å²) in [6.45, 7) is 0.991. The van der Waals surface area contributed by atoms with Crippen molar-refractivity contribution in [3.8, 4) is 0 Å². The molecule has 6 nitrogen and oxygen atoms in total. The van der Waals surface area contributed by atoms with Gasteiger partial charge in [-0.25, -0.2) is 13.4 Å². The predicted octanol–water partition coefficient (Wildman–Crippen LogP) is 1.53. The van der Waals surface area contributed by atoms with Crippen molar-refractivity contribution in [1.29, 1.82) is 0 Å². The second-order valence-corrected chi connectivity index (χ2v) is 9.61. The maximum Gasteiger partial charge on any atom is 0.254 e. The molecule has 1 aromatic rings. The number of carbonyl (C=O) groups excluding carboxylic acids is 1. The van der Waals surface area contributed by atoms with Gasteiger partial charge < -0.3 is 4.74 Å². The molecule has 0 atom stereocenters. The molecule has 2 saturated heterocycles. The lowest BCUT2D eigenvalue weighted by Gasteiger charge is -2.37. The molecule has 0 aromatic carbocycles. The van der Waals surface area contributed by atoms with Gasteiger partial charge in [0.25, 0.3) is 10.0 Å². The number of rotatable bonds is 3.